The van der Waals surface area contributed by atoms with Crippen molar-refractivity contribution in [2.75, 3.05) is 0 Å². The molecular formula is C22H18F3N3O2S. The van der Waals surface area contributed by atoms with Crippen LogP contribution in [-0.2, 0) is 18.3 Å². The zero-order valence-corrected chi connectivity index (χ0v) is 17.5. The molecule has 0 aliphatic heterocycles. The molecule has 0 radical (unpaired) electrons. The minimum Gasteiger partial charge on any atom is -0.456 e. The first kappa shape index (κ1) is 22.4. The van der Waals surface area contributed by atoms with Crippen molar-refractivity contribution in [2.45, 2.75) is 37.4 Å². The molecule has 0 bridgehead atoms. The lowest BCUT2D eigenvalue weighted by atomic mass is 10.1. The van der Waals surface area contributed by atoms with E-state index in [1.807, 2.05) is 13.0 Å². The monoisotopic (exact) mass is 445 g/mol. The Morgan fingerprint density at radius 2 is 2.00 bits per heavy atom. The second-order valence-corrected chi connectivity index (χ2v) is 7.67. The van der Waals surface area contributed by atoms with Crippen molar-refractivity contribution in [3.05, 3.63) is 80.8 Å². The number of nitriles is 1. The third kappa shape index (κ3) is 5.47. The summed E-state index contributed by atoms with van der Waals surface area (Å²) in [5.41, 5.74) is 0.685. The number of alkyl halides is 3. The van der Waals surface area contributed by atoms with E-state index in [2.05, 4.69) is 9.97 Å². The Morgan fingerprint density at radius 3 is 2.65 bits per heavy atom. The van der Waals surface area contributed by atoms with Gasteiger partial charge in [-0.05, 0) is 48.7 Å². The van der Waals surface area contributed by atoms with Gasteiger partial charge in [0.15, 0.2) is 5.16 Å². The maximum absolute atomic E-state index is 13.1. The van der Waals surface area contributed by atoms with Crippen molar-refractivity contribution in [3.63, 3.8) is 0 Å². The van der Waals surface area contributed by atoms with Crippen LogP contribution in [0.3, 0.4) is 0 Å². The molecule has 1 heterocycles. The number of thioether (sulfide) groups is 1. The van der Waals surface area contributed by atoms with Crippen LogP contribution >= 0.6 is 11.8 Å². The minimum atomic E-state index is -4.49. The molecule has 1 aromatic heterocycles. The Hall–Kier alpha value is -3.25. The summed E-state index contributed by atoms with van der Waals surface area (Å²) in [6, 6.07) is 10.5. The molecule has 0 unspecified atom stereocenters. The first-order valence-corrected chi connectivity index (χ1v) is 10.3. The number of aromatic nitrogens is 2. The topological polar surface area (TPSA) is 78.8 Å². The van der Waals surface area contributed by atoms with Crippen LogP contribution in [0.1, 0.15) is 34.7 Å². The minimum absolute atomic E-state index is 0.00524. The summed E-state index contributed by atoms with van der Waals surface area (Å²) >= 11 is 1.30. The third-order valence-corrected chi connectivity index (χ3v) is 5.47. The molecule has 0 fully saturated rings. The quantitative estimate of drug-likeness (QED) is 0.394. The Labute approximate surface area is 180 Å². The molecule has 31 heavy (non-hydrogen) atoms. The zero-order chi connectivity index (χ0) is 22.6. The summed E-state index contributed by atoms with van der Waals surface area (Å²) in [5, 5.41) is 9.91. The lowest BCUT2D eigenvalue weighted by Crippen LogP contribution is -2.13. The van der Waals surface area contributed by atoms with Crippen LogP contribution in [-0.4, -0.2) is 9.97 Å². The summed E-state index contributed by atoms with van der Waals surface area (Å²) in [5.74, 6) is 0.591. The van der Waals surface area contributed by atoms with E-state index in [0.717, 1.165) is 11.6 Å². The number of H-pyrrole nitrogens is 1. The van der Waals surface area contributed by atoms with Gasteiger partial charge in [0.05, 0.1) is 11.1 Å². The van der Waals surface area contributed by atoms with Gasteiger partial charge < -0.3 is 9.72 Å². The van der Waals surface area contributed by atoms with Crippen LogP contribution in [0.5, 0.6) is 11.5 Å². The lowest BCUT2D eigenvalue weighted by Gasteiger charge is -2.13. The molecule has 0 saturated carbocycles. The molecule has 0 atom stereocenters. The van der Waals surface area contributed by atoms with Crippen molar-refractivity contribution in [3.8, 4) is 17.6 Å². The number of aryl methyl sites for hydroxylation is 2. The largest absolute Gasteiger partial charge is 0.456 e. The van der Waals surface area contributed by atoms with Crippen LogP contribution in [0.25, 0.3) is 0 Å². The SMILES string of the molecule is CCc1cnc(SCc2ccc(Oc3ccc(C)c(C(F)(F)F)c3)c(C#N)c2)[nH]c1=O. The number of rotatable bonds is 6. The number of nitrogens with one attached hydrogen (secondary N) is 1. The number of benzene rings is 2. The highest BCUT2D eigenvalue weighted by molar-refractivity contribution is 7.98. The average molecular weight is 445 g/mol. The van der Waals surface area contributed by atoms with Gasteiger partial charge >= 0.3 is 6.18 Å². The first-order valence-electron chi connectivity index (χ1n) is 9.31. The standard InChI is InChI=1S/C22H18F3N3O2S/c1-3-15-11-27-21(28-20(15)29)31-12-14-5-7-19(16(8-14)10-26)30-17-6-4-13(2)18(9-17)22(23,24)25/h4-9,11H,3,12H2,1-2H3,(H,27,28,29). The van der Waals surface area contributed by atoms with E-state index in [-0.39, 0.29) is 28.2 Å². The van der Waals surface area contributed by atoms with Crippen LogP contribution in [0.4, 0.5) is 13.2 Å². The molecular weight excluding hydrogens is 427 g/mol. The van der Waals surface area contributed by atoms with Gasteiger partial charge in [-0.15, -0.1) is 0 Å². The molecule has 9 heteroatoms. The smallest absolute Gasteiger partial charge is 0.416 e. The summed E-state index contributed by atoms with van der Waals surface area (Å²) in [4.78, 5) is 18.8. The summed E-state index contributed by atoms with van der Waals surface area (Å²) in [6.45, 7) is 3.24. The summed E-state index contributed by atoms with van der Waals surface area (Å²) < 4.78 is 44.9. The van der Waals surface area contributed by atoms with E-state index in [9.17, 15) is 23.2 Å². The highest BCUT2D eigenvalue weighted by Gasteiger charge is 2.32. The molecule has 2 aromatic carbocycles. The average Bonchev–Trinajstić information content (AvgIpc) is 2.73. The Balaban J connectivity index is 1.77. The van der Waals surface area contributed by atoms with Crippen LogP contribution in [0.15, 0.2) is 52.5 Å². The molecule has 0 spiro atoms. The second kappa shape index (κ2) is 9.27. The second-order valence-electron chi connectivity index (χ2n) is 6.70. The van der Waals surface area contributed by atoms with E-state index in [4.69, 9.17) is 4.74 Å². The van der Waals surface area contributed by atoms with Gasteiger partial charge in [0.2, 0.25) is 0 Å². The predicted octanol–water partition coefficient (Wildman–Crippen LogP) is 5.62. The van der Waals surface area contributed by atoms with Crippen LogP contribution in [0, 0.1) is 18.3 Å². The molecule has 3 rings (SSSR count). The van der Waals surface area contributed by atoms with Gasteiger partial charge in [0, 0.05) is 17.5 Å². The molecule has 0 saturated heterocycles. The first-order chi connectivity index (χ1) is 14.7. The van der Waals surface area contributed by atoms with E-state index in [0.29, 0.717) is 22.9 Å². The summed E-state index contributed by atoms with van der Waals surface area (Å²) in [7, 11) is 0. The van der Waals surface area contributed by atoms with Gasteiger partial charge in [-0.3, -0.25) is 4.79 Å². The van der Waals surface area contributed by atoms with Gasteiger partial charge in [0.1, 0.15) is 17.6 Å². The molecule has 5 nitrogen and oxygen atoms in total. The van der Waals surface area contributed by atoms with Crippen LogP contribution in [0.2, 0.25) is 0 Å². The molecule has 0 aliphatic rings. The fourth-order valence-corrected chi connectivity index (χ4v) is 3.60. The Bertz CT molecular complexity index is 1200. The van der Waals surface area contributed by atoms with Gasteiger partial charge in [-0.2, -0.15) is 18.4 Å². The molecule has 160 valence electrons. The molecule has 1 N–H and O–H groups in total. The number of hydrogen-bond acceptors (Lipinski definition) is 5. The van der Waals surface area contributed by atoms with E-state index >= 15 is 0 Å². The number of ether oxygens (including phenoxy) is 1. The number of aromatic amines is 1. The van der Waals surface area contributed by atoms with Gasteiger partial charge in [0.25, 0.3) is 5.56 Å². The summed E-state index contributed by atoms with van der Waals surface area (Å²) in [6.07, 6.45) is -2.37. The maximum atomic E-state index is 13.1. The predicted molar refractivity (Wildman–Crippen MR) is 111 cm³/mol. The highest BCUT2D eigenvalue weighted by atomic mass is 32.2. The highest BCUT2D eigenvalue weighted by Crippen LogP contribution is 2.36. The Morgan fingerprint density at radius 1 is 1.23 bits per heavy atom. The number of halogens is 3. The van der Waals surface area contributed by atoms with Crippen molar-refractivity contribution in [2.24, 2.45) is 0 Å². The van der Waals surface area contributed by atoms with Gasteiger partial charge in [-0.25, -0.2) is 4.98 Å². The Kier molecular flexibility index (Phi) is 6.71. The number of hydrogen-bond donors (Lipinski definition) is 1. The zero-order valence-electron chi connectivity index (χ0n) is 16.7. The van der Waals surface area contributed by atoms with E-state index < -0.39 is 11.7 Å². The molecule has 0 amide bonds. The lowest BCUT2D eigenvalue weighted by molar-refractivity contribution is -0.138. The van der Waals surface area contributed by atoms with E-state index in [1.165, 1.54) is 43.1 Å². The fourth-order valence-electron chi connectivity index (χ4n) is 2.82. The van der Waals surface area contributed by atoms with Crippen molar-refractivity contribution in [1.29, 1.82) is 5.26 Å². The van der Waals surface area contributed by atoms with Gasteiger partial charge in [-0.1, -0.05) is 30.8 Å². The van der Waals surface area contributed by atoms with Crippen molar-refractivity contribution < 1.29 is 17.9 Å². The van der Waals surface area contributed by atoms with Crippen molar-refractivity contribution >= 4 is 11.8 Å². The molecule has 3 aromatic rings. The maximum Gasteiger partial charge on any atom is 0.416 e. The van der Waals surface area contributed by atoms with Crippen LogP contribution < -0.4 is 10.3 Å². The molecule has 0 aliphatic carbocycles. The number of nitrogens with zero attached hydrogens (tertiary/aromatic N) is 2. The van der Waals surface area contributed by atoms with Crippen molar-refractivity contribution in [1.82, 2.24) is 9.97 Å². The van der Waals surface area contributed by atoms with E-state index in [1.54, 1.807) is 12.1 Å². The normalized spacial score (nSPS) is 11.2. The third-order valence-electron chi connectivity index (χ3n) is 4.51. The fraction of sp³-hybridized carbons (Fsp3) is 0.227.